The van der Waals surface area contributed by atoms with Crippen LogP contribution in [0.1, 0.15) is 0 Å². The molecule has 7 heteroatoms. The standard InChI is InChI=1S/3C5H5.2C4H10O2.3Na/c3*1-2-4-5-3-1;2*1-5-3-4-6-2;;;/h3*1-5H;2*3-4H2,1-2H3;;;/q-5;2*-1;;;3*+1. The van der Waals surface area contributed by atoms with Crippen LogP contribution in [0.2, 0.25) is 0 Å². The van der Waals surface area contributed by atoms with Gasteiger partial charge in [-0.1, -0.05) is 0 Å². The first-order valence-corrected chi connectivity index (χ1v) is 8.79. The first-order chi connectivity index (χ1) is 13.3. The van der Waals surface area contributed by atoms with E-state index >= 15 is 0 Å². The van der Waals surface area contributed by atoms with Crippen LogP contribution in [-0.2, 0) is 18.9 Å². The minimum atomic E-state index is 0. The molecule has 0 spiro atoms. The van der Waals surface area contributed by atoms with Crippen molar-refractivity contribution in [3.05, 3.63) is 91.0 Å². The zero-order chi connectivity index (χ0) is 20.3. The van der Waals surface area contributed by atoms with Crippen LogP contribution in [0.4, 0.5) is 0 Å². The fourth-order valence-corrected chi connectivity index (χ4v) is 1.30. The molecule has 30 heavy (non-hydrogen) atoms. The van der Waals surface area contributed by atoms with Gasteiger partial charge >= 0.3 is 88.7 Å². The van der Waals surface area contributed by atoms with Gasteiger partial charge < -0.3 is 49.3 Å². The van der Waals surface area contributed by atoms with Crippen LogP contribution >= 0.6 is 0 Å². The van der Waals surface area contributed by atoms with Crippen molar-refractivity contribution < 1.29 is 108 Å². The van der Waals surface area contributed by atoms with Crippen LogP contribution in [0.25, 0.3) is 0 Å². The average molecular weight is 444 g/mol. The van der Waals surface area contributed by atoms with Crippen molar-refractivity contribution in [3.8, 4) is 0 Å². The van der Waals surface area contributed by atoms with Gasteiger partial charge in [0.2, 0.25) is 0 Å². The van der Waals surface area contributed by atoms with Crippen LogP contribution < -0.4 is 88.7 Å². The van der Waals surface area contributed by atoms with E-state index in [0.29, 0.717) is 26.4 Å². The van der Waals surface area contributed by atoms with Gasteiger partial charge in [0.25, 0.3) is 0 Å². The molecule has 0 fully saturated rings. The first kappa shape index (κ1) is 41.2. The smallest absolute Gasteiger partial charge is 0.748 e. The Balaban J connectivity index is -0.0000000847. The van der Waals surface area contributed by atoms with Gasteiger partial charge in [0.1, 0.15) is 0 Å². The van der Waals surface area contributed by atoms with E-state index in [9.17, 15) is 0 Å². The Bertz CT molecular complexity index is 356. The second-order valence-corrected chi connectivity index (χ2v) is 4.86. The van der Waals surface area contributed by atoms with Crippen molar-refractivity contribution in [3.63, 3.8) is 0 Å². The molecule has 3 rings (SSSR count). The van der Waals surface area contributed by atoms with E-state index in [0.717, 1.165) is 0 Å². The fourth-order valence-electron chi connectivity index (χ4n) is 1.30. The van der Waals surface area contributed by atoms with E-state index in [1.807, 2.05) is 91.0 Å². The summed E-state index contributed by atoms with van der Waals surface area (Å²) in [4.78, 5) is 0. The van der Waals surface area contributed by atoms with Crippen molar-refractivity contribution in [1.82, 2.24) is 0 Å². The maximum absolute atomic E-state index is 4.66. The third-order valence-corrected chi connectivity index (χ3v) is 2.65. The molecule has 0 aromatic heterocycles. The number of rotatable bonds is 6. The molecule has 0 saturated heterocycles. The third kappa shape index (κ3) is 46.9. The van der Waals surface area contributed by atoms with Crippen molar-refractivity contribution >= 4 is 0 Å². The molecule has 4 nitrogen and oxygen atoms in total. The summed E-state index contributed by atoms with van der Waals surface area (Å²) in [7, 11) is 6.61. The Hall–Kier alpha value is 0.890. The van der Waals surface area contributed by atoms with Crippen molar-refractivity contribution in [2.24, 2.45) is 0 Å². The molecule has 0 aliphatic rings. The summed E-state index contributed by atoms with van der Waals surface area (Å²) in [5.74, 6) is 0. The van der Waals surface area contributed by atoms with E-state index < -0.39 is 0 Å². The molecular formula is C23H35Na3O4-4. The van der Waals surface area contributed by atoms with Gasteiger partial charge in [-0.25, -0.2) is 24.3 Å². The molecule has 0 atom stereocenters. The summed E-state index contributed by atoms with van der Waals surface area (Å²) in [5.41, 5.74) is 0. The molecule has 0 aliphatic carbocycles. The SMILES string of the molecule is COCCOC.COCCOC.[Na+].[Na+].[Na+].[cH-]1[cH-][cH-][cH-][cH-]1.c1cc[cH-]c1.c1cc[cH-]c1. The minimum absolute atomic E-state index is 0. The molecule has 3 aromatic carbocycles. The van der Waals surface area contributed by atoms with E-state index in [1.165, 1.54) is 0 Å². The topological polar surface area (TPSA) is 36.9 Å². The maximum atomic E-state index is 4.66. The second-order valence-electron chi connectivity index (χ2n) is 4.86. The predicted octanol–water partition coefficient (Wildman–Crippen LogP) is -4.21. The van der Waals surface area contributed by atoms with Crippen LogP contribution in [-0.4, -0.2) is 54.9 Å². The van der Waals surface area contributed by atoms with Crippen LogP contribution in [0, 0.1) is 0 Å². The summed E-state index contributed by atoms with van der Waals surface area (Å²) >= 11 is 0. The summed E-state index contributed by atoms with van der Waals surface area (Å²) in [5, 5.41) is 0. The van der Waals surface area contributed by atoms with Crippen molar-refractivity contribution in [2.45, 2.75) is 0 Å². The average Bonchev–Trinajstić information content (AvgIpc) is 3.52. The Morgan fingerprint density at radius 3 is 0.733 bits per heavy atom. The van der Waals surface area contributed by atoms with Gasteiger partial charge in [-0.2, -0.15) is 36.4 Å². The van der Waals surface area contributed by atoms with Gasteiger partial charge in [0.05, 0.1) is 26.4 Å². The van der Waals surface area contributed by atoms with Crippen molar-refractivity contribution in [2.75, 3.05) is 54.9 Å². The zero-order valence-electron chi connectivity index (χ0n) is 20.1. The molecule has 0 unspecified atom stereocenters. The molecule has 0 heterocycles. The largest absolute Gasteiger partial charge is 1.00 e. The second kappa shape index (κ2) is 43.7. The normalized spacial score (nSPS) is 7.60. The van der Waals surface area contributed by atoms with E-state index in [1.54, 1.807) is 28.4 Å². The van der Waals surface area contributed by atoms with E-state index in [4.69, 9.17) is 0 Å². The van der Waals surface area contributed by atoms with Gasteiger partial charge in [0.15, 0.2) is 0 Å². The number of hydrogen-bond acceptors (Lipinski definition) is 4. The monoisotopic (exact) mass is 444 g/mol. The molecule has 3 aromatic rings. The number of ether oxygens (including phenoxy) is 4. The summed E-state index contributed by atoms with van der Waals surface area (Å²) in [6.07, 6.45) is 0. The molecule has 0 radical (unpaired) electrons. The molecule has 0 N–H and O–H groups in total. The Kier molecular flexibility index (Phi) is 60.0. The van der Waals surface area contributed by atoms with Gasteiger partial charge in [-0.3, -0.25) is 0 Å². The number of hydrogen-bond donors (Lipinski definition) is 0. The quantitative estimate of drug-likeness (QED) is 0.220. The van der Waals surface area contributed by atoms with E-state index in [2.05, 4.69) is 18.9 Å². The predicted molar refractivity (Wildman–Crippen MR) is 114 cm³/mol. The fraction of sp³-hybridized carbons (Fsp3) is 0.348. The zero-order valence-corrected chi connectivity index (χ0v) is 26.1. The first-order valence-electron chi connectivity index (χ1n) is 8.79. The maximum Gasteiger partial charge on any atom is 1.00 e. The summed E-state index contributed by atoms with van der Waals surface area (Å²) in [6, 6.07) is 30.0. The molecule has 0 bridgehead atoms. The van der Waals surface area contributed by atoms with Crippen LogP contribution in [0.5, 0.6) is 0 Å². The Morgan fingerprint density at radius 1 is 0.433 bits per heavy atom. The molecule has 0 aliphatic heterocycles. The summed E-state index contributed by atoms with van der Waals surface area (Å²) in [6.45, 7) is 2.76. The van der Waals surface area contributed by atoms with Gasteiger partial charge in [-0.15, -0.1) is 0 Å². The van der Waals surface area contributed by atoms with Crippen LogP contribution in [0.3, 0.4) is 0 Å². The third-order valence-electron chi connectivity index (χ3n) is 2.65. The number of methoxy groups -OCH3 is 4. The van der Waals surface area contributed by atoms with Gasteiger partial charge in [-0.05, 0) is 0 Å². The molecule has 0 amide bonds. The molecule has 158 valence electrons. The summed E-state index contributed by atoms with van der Waals surface area (Å²) < 4.78 is 18.6. The van der Waals surface area contributed by atoms with Crippen molar-refractivity contribution in [1.29, 1.82) is 0 Å². The Morgan fingerprint density at radius 2 is 0.633 bits per heavy atom. The Labute approximate surface area is 250 Å². The molecule has 0 saturated carbocycles. The minimum Gasteiger partial charge on any atom is -0.748 e. The van der Waals surface area contributed by atoms with Crippen LogP contribution in [0.15, 0.2) is 91.0 Å². The molecular weight excluding hydrogens is 409 g/mol. The van der Waals surface area contributed by atoms with E-state index in [-0.39, 0.29) is 88.7 Å². The van der Waals surface area contributed by atoms with Gasteiger partial charge in [0, 0.05) is 28.4 Å².